The minimum Gasteiger partial charge on any atom is -0.386 e. The molecule has 0 bridgehead atoms. The lowest BCUT2D eigenvalue weighted by Gasteiger charge is -2.31. The lowest BCUT2D eigenvalue weighted by Crippen LogP contribution is -2.38. The summed E-state index contributed by atoms with van der Waals surface area (Å²) >= 11 is 0. The third-order valence-corrected chi connectivity index (χ3v) is 3.00. The van der Waals surface area contributed by atoms with Crippen LogP contribution in [0.5, 0.6) is 0 Å². The summed E-state index contributed by atoms with van der Waals surface area (Å²) in [5.41, 5.74) is 9.10. The van der Waals surface area contributed by atoms with Crippen molar-refractivity contribution in [1.29, 1.82) is 0 Å². The van der Waals surface area contributed by atoms with Crippen molar-refractivity contribution in [3.63, 3.8) is 0 Å². The van der Waals surface area contributed by atoms with E-state index < -0.39 is 0 Å². The second-order valence-electron chi connectivity index (χ2n) is 4.69. The van der Waals surface area contributed by atoms with Gasteiger partial charge in [-0.2, -0.15) is 0 Å². The molecular formula is C14H20N2O2. The molecule has 98 valence electrons. The highest BCUT2D eigenvalue weighted by Crippen LogP contribution is 2.31. The molecule has 0 saturated heterocycles. The zero-order valence-electron chi connectivity index (χ0n) is 11.2. The Morgan fingerprint density at radius 3 is 2.67 bits per heavy atom. The van der Waals surface area contributed by atoms with Crippen LogP contribution in [0.15, 0.2) is 23.2 Å². The fraction of sp³-hybridized carbons (Fsp3) is 0.429. The molecule has 0 radical (unpaired) electrons. The topological polar surface area (TPSA) is 64.7 Å². The number of aliphatic imine (C=N–C) groups is 1. The molecule has 1 heterocycles. The third-order valence-electron chi connectivity index (χ3n) is 3.00. The van der Waals surface area contributed by atoms with Crippen LogP contribution in [-0.4, -0.2) is 25.8 Å². The van der Waals surface area contributed by atoms with Gasteiger partial charge in [-0.15, -0.1) is 0 Å². The summed E-state index contributed by atoms with van der Waals surface area (Å²) in [5.74, 6) is 0.578. The Kier molecular flexibility index (Phi) is 4.62. The number of hydrogen-bond donors (Lipinski definition) is 1. The van der Waals surface area contributed by atoms with Crippen molar-refractivity contribution >= 4 is 12.6 Å². The first-order valence-corrected chi connectivity index (χ1v) is 5.80. The van der Waals surface area contributed by atoms with Gasteiger partial charge in [0.15, 0.2) is 0 Å². The van der Waals surface area contributed by atoms with E-state index in [0.29, 0.717) is 19.0 Å². The van der Waals surface area contributed by atoms with Gasteiger partial charge in [0.1, 0.15) is 24.8 Å². The first kappa shape index (κ1) is 14.4. The van der Waals surface area contributed by atoms with Gasteiger partial charge in [0.2, 0.25) is 0 Å². The monoisotopic (exact) mass is 248 g/mol. The van der Waals surface area contributed by atoms with E-state index in [4.69, 9.17) is 15.3 Å². The lowest BCUT2D eigenvalue weighted by molar-refractivity contribution is -0.0979. The zero-order valence-corrected chi connectivity index (χ0v) is 11.2. The first-order valence-electron chi connectivity index (χ1n) is 5.80. The first-order chi connectivity index (χ1) is 8.51. The van der Waals surface area contributed by atoms with E-state index in [1.165, 1.54) is 16.7 Å². The number of hydrogen-bond acceptors (Lipinski definition) is 4. The summed E-state index contributed by atoms with van der Waals surface area (Å²) in [6, 6.07) is 6.40. The Labute approximate surface area is 108 Å². The van der Waals surface area contributed by atoms with Crippen LogP contribution >= 0.6 is 0 Å². The largest absolute Gasteiger partial charge is 0.386 e. The minimum absolute atomic E-state index is 0.335. The molecule has 0 amide bonds. The minimum atomic E-state index is -0.335. The number of benzene rings is 1. The van der Waals surface area contributed by atoms with Crippen molar-refractivity contribution in [3.8, 4) is 0 Å². The maximum atomic E-state index is 8.00. The van der Waals surface area contributed by atoms with E-state index in [1.54, 1.807) is 0 Å². The van der Waals surface area contributed by atoms with Crippen molar-refractivity contribution in [2.24, 2.45) is 10.7 Å². The molecule has 1 aromatic rings. The van der Waals surface area contributed by atoms with E-state index in [2.05, 4.69) is 44.0 Å². The Morgan fingerprint density at radius 2 is 2.06 bits per heavy atom. The van der Waals surface area contributed by atoms with Crippen LogP contribution in [0.25, 0.3) is 0 Å². The highest BCUT2D eigenvalue weighted by atomic mass is 16.5. The molecule has 4 nitrogen and oxygen atoms in total. The van der Waals surface area contributed by atoms with Crippen LogP contribution in [0.1, 0.15) is 23.6 Å². The molecule has 1 atom stereocenters. The fourth-order valence-electron chi connectivity index (χ4n) is 2.19. The van der Waals surface area contributed by atoms with Crippen molar-refractivity contribution in [1.82, 2.24) is 0 Å². The van der Waals surface area contributed by atoms with Crippen LogP contribution in [0, 0.1) is 13.8 Å². The molecule has 18 heavy (non-hydrogen) atoms. The second-order valence-corrected chi connectivity index (χ2v) is 4.69. The SMILES string of the molecule is C=O.Cc1ccc(C)c(C2(C)COCC(N)=N2)c1. The Hall–Kier alpha value is -1.68. The number of amidine groups is 1. The van der Waals surface area contributed by atoms with Gasteiger partial charge < -0.3 is 15.3 Å². The zero-order chi connectivity index (χ0) is 13.8. The Balaban J connectivity index is 0.000000771. The van der Waals surface area contributed by atoms with Gasteiger partial charge in [-0.25, -0.2) is 0 Å². The van der Waals surface area contributed by atoms with E-state index in [9.17, 15) is 0 Å². The van der Waals surface area contributed by atoms with Gasteiger partial charge >= 0.3 is 0 Å². The average Bonchev–Trinajstić information content (AvgIpc) is 2.34. The van der Waals surface area contributed by atoms with E-state index in [-0.39, 0.29) is 5.54 Å². The van der Waals surface area contributed by atoms with Crippen LogP contribution < -0.4 is 5.73 Å². The number of nitrogens with two attached hydrogens (primary N) is 1. The van der Waals surface area contributed by atoms with Gasteiger partial charge in [-0.3, -0.25) is 4.99 Å². The summed E-state index contributed by atoms with van der Waals surface area (Å²) in [6.45, 7) is 9.29. The predicted octanol–water partition coefficient (Wildman–Crippen LogP) is 1.72. The number of nitrogens with zero attached hydrogens (tertiary/aromatic N) is 1. The molecule has 2 N–H and O–H groups in total. The summed E-state index contributed by atoms with van der Waals surface area (Å²) in [6.07, 6.45) is 0. The van der Waals surface area contributed by atoms with Crippen LogP contribution in [0.4, 0.5) is 0 Å². The number of ether oxygens (including phenoxy) is 1. The van der Waals surface area contributed by atoms with Crippen molar-refractivity contribution < 1.29 is 9.53 Å². The molecule has 1 aliphatic rings. The molecule has 4 heteroatoms. The van der Waals surface area contributed by atoms with E-state index >= 15 is 0 Å². The predicted molar refractivity (Wildman–Crippen MR) is 72.8 cm³/mol. The highest BCUT2D eigenvalue weighted by molar-refractivity contribution is 5.82. The summed E-state index contributed by atoms with van der Waals surface area (Å²) in [4.78, 5) is 12.6. The standard InChI is InChI=1S/C13H18N2O.CH2O/c1-9-4-5-10(2)11(6-9)13(3)8-16-7-12(14)15-13;1-2/h4-6H,7-8H2,1-3H3,(H2,14,15);1H2. The average molecular weight is 248 g/mol. The molecule has 0 aliphatic carbocycles. The number of rotatable bonds is 1. The van der Waals surface area contributed by atoms with Gasteiger partial charge in [-0.05, 0) is 31.9 Å². The van der Waals surface area contributed by atoms with Crippen LogP contribution in [-0.2, 0) is 15.1 Å². The van der Waals surface area contributed by atoms with Crippen LogP contribution in [0.2, 0.25) is 0 Å². The maximum absolute atomic E-state index is 8.00. The highest BCUT2D eigenvalue weighted by Gasteiger charge is 2.31. The molecule has 0 fully saturated rings. The van der Waals surface area contributed by atoms with Gasteiger partial charge in [0, 0.05) is 0 Å². The smallest absolute Gasteiger partial charge is 0.121 e. The third kappa shape index (κ3) is 2.96. The number of carbonyl (C=O) groups is 1. The van der Waals surface area contributed by atoms with Gasteiger partial charge in [-0.1, -0.05) is 23.8 Å². The van der Waals surface area contributed by atoms with E-state index in [0.717, 1.165) is 0 Å². The Bertz CT molecular complexity index is 457. The van der Waals surface area contributed by atoms with Crippen molar-refractivity contribution in [2.75, 3.05) is 13.2 Å². The van der Waals surface area contributed by atoms with Crippen molar-refractivity contribution in [2.45, 2.75) is 26.3 Å². The molecular weight excluding hydrogens is 228 g/mol. The molecule has 2 rings (SSSR count). The second kappa shape index (κ2) is 5.78. The van der Waals surface area contributed by atoms with E-state index in [1.807, 2.05) is 6.79 Å². The molecule has 1 aromatic carbocycles. The molecule has 0 aromatic heterocycles. The summed E-state index contributed by atoms with van der Waals surface area (Å²) in [5, 5.41) is 0. The molecule has 1 unspecified atom stereocenters. The Morgan fingerprint density at radius 1 is 1.39 bits per heavy atom. The van der Waals surface area contributed by atoms with Gasteiger partial charge in [0.25, 0.3) is 0 Å². The van der Waals surface area contributed by atoms with Crippen LogP contribution in [0.3, 0.4) is 0 Å². The summed E-state index contributed by atoms with van der Waals surface area (Å²) in [7, 11) is 0. The van der Waals surface area contributed by atoms with Gasteiger partial charge in [0.05, 0.1) is 6.61 Å². The lowest BCUT2D eigenvalue weighted by atomic mass is 9.88. The molecule has 0 spiro atoms. The molecule has 1 aliphatic heterocycles. The number of carbonyl (C=O) groups excluding carboxylic acids is 1. The molecule has 0 saturated carbocycles. The maximum Gasteiger partial charge on any atom is 0.121 e. The normalized spacial score (nSPS) is 22.7. The quantitative estimate of drug-likeness (QED) is 0.823. The number of aryl methyl sites for hydroxylation is 2. The van der Waals surface area contributed by atoms with Crippen molar-refractivity contribution in [3.05, 3.63) is 34.9 Å². The fourth-order valence-corrected chi connectivity index (χ4v) is 2.19. The summed E-state index contributed by atoms with van der Waals surface area (Å²) < 4.78 is 5.49.